The highest BCUT2D eigenvalue weighted by Gasteiger charge is 2.09. The molecule has 0 fully saturated rings. The number of carbonyl (C=O) groups is 1. The van der Waals surface area contributed by atoms with Crippen molar-refractivity contribution in [2.24, 2.45) is 0 Å². The third kappa shape index (κ3) is 4.24. The quantitative estimate of drug-likeness (QED) is 0.907. The molecular weight excluding hydrogens is 274 g/mol. The van der Waals surface area contributed by atoms with Crippen LogP contribution in [0.3, 0.4) is 0 Å². The number of nitrogens with one attached hydrogen (secondary N) is 2. The number of pyridine rings is 1. The Morgan fingerprint density at radius 1 is 1.30 bits per heavy atom. The molecule has 0 aliphatic rings. The van der Waals surface area contributed by atoms with Crippen LogP contribution in [0.5, 0.6) is 0 Å². The van der Waals surface area contributed by atoms with Gasteiger partial charge in [0, 0.05) is 17.8 Å². The molecule has 5 heteroatoms. The molecule has 2 aromatic rings. The van der Waals surface area contributed by atoms with Gasteiger partial charge in [-0.1, -0.05) is 29.8 Å². The Morgan fingerprint density at radius 3 is 2.85 bits per heavy atom. The fourth-order valence-electron chi connectivity index (χ4n) is 1.78. The van der Waals surface area contributed by atoms with Gasteiger partial charge in [-0.05, 0) is 36.8 Å². The lowest BCUT2D eigenvalue weighted by molar-refractivity contribution is 0.237. The van der Waals surface area contributed by atoms with E-state index in [0.29, 0.717) is 11.6 Å². The number of carbonyl (C=O) groups excluding carboxylic acids is 1. The third-order valence-corrected chi connectivity index (χ3v) is 3.06. The number of nitrogens with zero attached hydrogens (tertiary/aromatic N) is 1. The minimum atomic E-state index is -0.233. The molecule has 0 bridgehead atoms. The highest BCUT2D eigenvalue weighted by Crippen LogP contribution is 2.10. The zero-order valence-electron chi connectivity index (χ0n) is 11.1. The van der Waals surface area contributed by atoms with E-state index < -0.39 is 0 Å². The fraction of sp³-hybridized carbons (Fsp3) is 0.200. The van der Waals surface area contributed by atoms with Gasteiger partial charge in [0.05, 0.1) is 11.7 Å². The zero-order valence-corrected chi connectivity index (χ0v) is 11.9. The van der Waals surface area contributed by atoms with Crippen LogP contribution >= 0.6 is 11.6 Å². The van der Waals surface area contributed by atoms with Crippen LogP contribution in [0.4, 0.5) is 4.79 Å². The number of rotatable bonds is 4. The first kappa shape index (κ1) is 14.3. The van der Waals surface area contributed by atoms with Crippen LogP contribution in [-0.4, -0.2) is 11.0 Å². The highest BCUT2D eigenvalue weighted by atomic mass is 35.5. The van der Waals surface area contributed by atoms with Crippen LogP contribution in [0.2, 0.25) is 5.02 Å². The summed E-state index contributed by atoms with van der Waals surface area (Å²) in [6.07, 6.45) is 1.71. The Balaban J connectivity index is 1.84. The van der Waals surface area contributed by atoms with Crippen molar-refractivity contribution in [2.45, 2.75) is 19.5 Å². The fourth-order valence-corrected chi connectivity index (χ4v) is 2.00. The molecule has 2 amide bonds. The van der Waals surface area contributed by atoms with Gasteiger partial charge in [-0.3, -0.25) is 4.98 Å². The molecule has 0 saturated carbocycles. The SMILES string of the molecule is C[C@@H](NC(=O)NCc1cccc(Cl)c1)c1ccccn1. The number of hydrogen-bond donors (Lipinski definition) is 2. The molecule has 104 valence electrons. The summed E-state index contributed by atoms with van der Waals surface area (Å²) in [6.45, 7) is 2.32. The van der Waals surface area contributed by atoms with E-state index in [1.165, 1.54) is 0 Å². The second-order valence-electron chi connectivity index (χ2n) is 4.43. The predicted octanol–water partition coefficient (Wildman–Crippen LogP) is 3.30. The molecule has 1 aromatic carbocycles. The second kappa shape index (κ2) is 6.91. The van der Waals surface area contributed by atoms with Crippen molar-refractivity contribution < 1.29 is 4.79 Å². The lowest BCUT2D eigenvalue weighted by Gasteiger charge is -2.14. The number of amides is 2. The van der Waals surface area contributed by atoms with Crippen molar-refractivity contribution in [1.82, 2.24) is 15.6 Å². The van der Waals surface area contributed by atoms with Crippen LogP contribution in [0.1, 0.15) is 24.2 Å². The molecule has 20 heavy (non-hydrogen) atoms. The van der Waals surface area contributed by atoms with Gasteiger partial charge >= 0.3 is 6.03 Å². The van der Waals surface area contributed by atoms with E-state index in [-0.39, 0.29) is 12.1 Å². The molecule has 0 saturated heterocycles. The van der Waals surface area contributed by atoms with Gasteiger partial charge in [-0.2, -0.15) is 0 Å². The minimum absolute atomic E-state index is 0.143. The summed E-state index contributed by atoms with van der Waals surface area (Å²) in [4.78, 5) is 16.0. The molecule has 1 heterocycles. The van der Waals surface area contributed by atoms with E-state index >= 15 is 0 Å². The average Bonchev–Trinajstić information content (AvgIpc) is 2.46. The van der Waals surface area contributed by atoms with Gasteiger partial charge in [-0.15, -0.1) is 0 Å². The van der Waals surface area contributed by atoms with Crippen molar-refractivity contribution in [2.75, 3.05) is 0 Å². The van der Waals surface area contributed by atoms with Crippen molar-refractivity contribution in [1.29, 1.82) is 0 Å². The van der Waals surface area contributed by atoms with E-state index in [2.05, 4.69) is 15.6 Å². The van der Waals surface area contributed by atoms with Gasteiger partial charge in [0.2, 0.25) is 0 Å². The third-order valence-electron chi connectivity index (χ3n) is 2.82. The number of halogens is 1. The van der Waals surface area contributed by atoms with Gasteiger partial charge in [0.1, 0.15) is 0 Å². The summed E-state index contributed by atoms with van der Waals surface area (Å²) in [7, 11) is 0. The Hall–Kier alpha value is -2.07. The predicted molar refractivity (Wildman–Crippen MR) is 79.5 cm³/mol. The van der Waals surface area contributed by atoms with Crippen LogP contribution in [0.15, 0.2) is 48.7 Å². The summed E-state index contributed by atoms with van der Waals surface area (Å²) in [5.41, 5.74) is 1.78. The molecular formula is C15H16ClN3O. The van der Waals surface area contributed by atoms with E-state index in [1.54, 1.807) is 12.3 Å². The Labute approximate surface area is 123 Å². The summed E-state index contributed by atoms with van der Waals surface area (Å²) in [5, 5.41) is 6.28. The van der Waals surface area contributed by atoms with Crippen molar-refractivity contribution in [3.8, 4) is 0 Å². The topological polar surface area (TPSA) is 54.0 Å². The van der Waals surface area contributed by atoms with E-state index in [4.69, 9.17) is 11.6 Å². The first-order chi connectivity index (χ1) is 9.65. The van der Waals surface area contributed by atoms with Gasteiger partial charge in [-0.25, -0.2) is 4.79 Å². The molecule has 0 aliphatic heterocycles. The number of benzene rings is 1. The summed E-state index contributed by atoms with van der Waals surface area (Å²) in [5.74, 6) is 0. The Morgan fingerprint density at radius 2 is 2.15 bits per heavy atom. The molecule has 0 aliphatic carbocycles. The Bertz CT molecular complexity index is 574. The van der Waals surface area contributed by atoms with Gasteiger partial charge in [0.15, 0.2) is 0 Å². The maximum atomic E-state index is 11.8. The zero-order chi connectivity index (χ0) is 14.4. The summed E-state index contributed by atoms with van der Waals surface area (Å²) < 4.78 is 0. The molecule has 4 nitrogen and oxygen atoms in total. The van der Waals surface area contributed by atoms with Gasteiger partial charge in [0.25, 0.3) is 0 Å². The number of aromatic nitrogens is 1. The maximum Gasteiger partial charge on any atom is 0.315 e. The molecule has 1 aromatic heterocycles. The second-order valence-corrected chi connectivity index (χ2v) is 4.87. The van der Waals surface area contributed by atoms with E-state index in [9.17, 15) is 4.79 Å². The summed E-state index contributed by atoms with van der Waals surface area (Å²) >= 11 is 5.89. The first-order valence-corrected chi connectivity index (χ1v) is 6.72. The normalized spacial score (nSPS) is 11.7. The van der Waals surface area contributed by atoms with Crippen molar-refractivity contribution in [3.63, 3.8) is 0 Å². The van der Waals surface area contributed by atoms with Crippen molar-refractivity contribution >= 4 is 17.6 Å². The standard InChI is InChI=1S/C15H16ClN3O/c1-11(14-7-2-3-8-17-14)19-15(20)18-10-12-5-4-6-13(16)9-12/h2-9,11H,10H2,1H3,(H2,18,19,20)/t11-/m1/s1. The number of hydrogen-bond acceptors (Lipinski definition) is 2. The van der Waals surface area contributed by atoms with Crippen LogP contribution in [-0.2, 0) is 6.54 Å². The van der Waals surface area contributed by atoms with E-state index in [1.807, 2.05) is 43.3 Å². The molecule has 2 N–H and O–H groups in total. The molecule has 1 atom stereocenters. The van der Waals surface area contributed by atoms with Crippen LogP contribution < -0.4 is 10.6 Å². The average molecular weight is 290 g/mol. The van der Waals surface area contributed by atoms with E-state index in [0.717, 1.165) is 11.3 Å². The Kier molecular flexibility index (Phi) is 4.96. The van der Waals surface area contributed by atoms with Crippen LogP contribution in [0, 0.1) is 0 Å². The minimum Gasteiger partial charge on any atom is -0.334 e. The smallest absolute Gasteiger partial charge is 0.315 e. The van der Waals surface area contributed by atoms with Crippen LogP contribution in [0.25, 0.3) is 0 Å². The summed E-state index contributed by atoms with van der Waals surface area (Å²) in [6, 6.07) is 12.6. The molecule has 0 radical (unpaired) electrons. The lowest BCUT2D eigenvalue weighted by atomic mass is 10.2. The lowest BCUT2D eigenvalue weighted by Crippen LogP contribution is -2.36. The highest BCUT2D eigenvalue weighted by molar-refractivity contribution is 6.30. The molecule has 0 spiro atoms. The maximum absolute atomic E-state index is 11.8. The van der Waals surface area contributed by atoms with Gasteiger partial charge < -0.3 is 10.6 Å². The monoisotopic (exact) mass is 289 g/mol. The number of urea groups is 1. The molecule has 2 rings (SSSR count). The largest absolute Gasteiger partial charge is 0.334 e. The first-order valence-electron chi connectivity index (χ1n) is 6.35. The molecule has 0 unspecified atom stereocenters. The van der Waals surface area contributed by atoms with Crippen molar-refractivity contribution in [3.05, 3.63) is 64.9 Å².